The minimum atomic E-state index is 0.184. The van der Waals surface area contributed by atoms with Crippen molar-refractivity contribution in [3.8, 4) is 0 Å². The van der Waals surface area contributed by atoms with Crippen molar-refractivity contribution in [2.24, 2.45) is 5.92 Å². The fraction of sp³-hybridized carbons (Fsp3) is 0.533. The van der Waals surface area contributed by atoms with Crippen molar-refractivity contribution in [1.29, 1.82) is 0 Å². The maximum absolute atomic E-state index is 11.9. The molecule has 1 aliphatic heterocycles. The highest BCUT2D eigenvalue weighted by Crippen LogP contribution is 2.22. The topological polar surface area (TPSA) is 38.3 Å². The zero-order valence-corrected chi connectivity index (χ0v) is 10.5. The second kappa shape index (κ2) is 5.11. The van der Waals surface area contributed by atoms with Crippen LogP contribution in [-0.2, 0) is 22.4 Å². The van der Waals surface area contributed by atoms with Gasteiger partial charge in [0.25, 0.3) is 0 Å². The van der Waals surface area contributed by atoms with E-state index in [2.05, 4.69) is 29.6 Å². The Morgan fingerprint density at radius 2 is 2.00 bits per heavy atom. The van der Waals surface area contributed by atoms with Crippen molar-refractivity contribution in [3.63, 3.8) is 0 Å². The minimum Gasteiger partial charge on any atom is -0.381 e. The first-order valence-corrected chi connectivity index (χ1v) is 6.75. The van der Waals surface area contributed by atoms with Crippen molar-refractivity contribution >= 4 is 5.91 Å². The van der Waals surface area contributed by atoms with Gasteiger partial charge in [-0.05, 0) is 36.3 Å². The Balaban J connectivity index is 1.51. The molecule has 1 N–H and O–H groups in total. The van der Waals surface area contributed by atoms with E-state index in [1.807, 2.05) is 0 Å². The molecule has 0 radical (unpaired) electrons. The normalized spacial score (nSPS) is 23.0. The second-order valence-corrected chi connectivity index (χ2v) is 5.38. The van der Waals surface area contributed by atoms with E-state index < -0.39 is 0 Å². The SMILES string of the molecule is O=C(C[C@H]1CCOC1)NC1Cc2ccccc2C1. The molecule has 0 aromatic heterocycles. The van der Waals surface area contributed by atoms with Crippen molar-refractivity contribution in [1.82, 2.24) is 5.32 Å². The molecule has 1 amide bonds. The van der Waals surface area contributed by atoms with Crippen LogP contribution in [0.15, 0.2) is 24.3 Å². The van der Waals surface area contributed by atoms with Crippen molar-refractivity contribution in [3.05, 3.63) is 35.4 Å². The summed E-state index contributed by atoms with van der Waals surface area (Å²) in [7, 11) is 0. The lowest BCUT2D eigenvalue weighted by molar-refractivity contribution is -0.122. The quantitative estimate of drug-likeness (QED) is 0.880. The molecule has 18 heavy (non-hydrogen) atoms. The van der Waals surface area contributed by atoms with Crippen LogP contribution in [0.2, 0.25) is 0 Å². The molecule has 1 aliphatic carbocycles. The molecule has 3 rings (SSSR count). The van der Waals surface area contributed by atoms with E-state index in [4.69, 9.17) is 4.74 Å². The van der Waals surface area contributed by atoms with E-state index in [0.29, 0.717) is 12.3 Å². The average Bonchev–Trinajstić information content (AvgIpc) is 2.96. The Labute approximate surface area is 108 Å². The third-order valence-electron chi connectivity index (χ3n) is 3.91. The summed E-state index contributed by atoms with van der Waals surface area (Å²) >= 11 is 0. The Morgan fingerprint density at radius 1 is 1.28 bits per heavy atom. The molecule has 96 valence electrons. The molecule has 0 spiro atoms. The summed E-state index contributed by atoms with van der Waals surface area (Å²) in [5, 5.41) is 3.16. The summed E-state index contributed by atoms with van der Waals surface area (Å²) in [4.78, 5) is 11.9. The van der Waals surface area contributed by atoms with Crippen LogP contribution in [-0.4, -0.2) is 25.2 Å². The molecule has 0 saturated carbocycles. The van der Waals surface area contributed by atoms with E-state index in [-0.39, 0.29) is 11.9 Å². The zero-order valence-electron chi connectivity index (χ0n) is 10.5. The van der Waals surface area contributed by atoms with Crippen LogP contribution in [0.25, 0.3) is 0 Å². The highest BCUT2D eigenvalue weighted by atomic mass is 16.5. The van der Waals surface area contributed by atoms with E-state index in [1.165, 1.54) is 11.1 Å². The van der Waals surface area contributed by atoms with Gasteiger partial charge in [-0.25, -0.2) is 0 Å². The van der Waals surface area contributed by atoms with Gasteiger partial charge in [0, 0.05) is 25.7 Å². The van der Waals surface area contributed by atoms with Gasteiger partial charge in [0.2, 0.25) is 5.91 Å². The van der Waals surface area contributed by atoms with Crippen LogP contribution >= 0.6 is 0 Å². The highest BCUT2D eigenvalue weighted by Gasteiger charge is 2.24. The maximum atomic E-state index is 11.9. The molecule has 2 aliphatic rings. The van der Waals surface area contributed by atoms with Crippen LogP contribution in [0.4, 0.5) is 0 Å². The lowest BCUT2D eigenvalue weighted by Crippen LogP contribution is -2.36. The third-order valence-corrected chi connectivity index (χ3v) is 3.91. The smallest absolute Gasteiger partial charge is 0.220 e. The number of hydrogen-bond acceptors (Lipinski definition) is 2. The Hall–Kier alpha value is -1.35. The lowest BCUT2D eigenvalue weighted by atomic mass is 10.0. The number of fused-ring (bicyclic) bond motifs is 1. The summed E-state index contributed by atoms with van der Waals surface area (Å²) in [6.45, 7) is 1.56. The van der Waals surface area contributed by atoms with Crippen LogP contribution in [0.3, 0.4) is 0 Å². The van der Waals surface area contributed by atoms with E-state index >= 15 is 0 Å². The van der Waals surface area contributed by atoms with Crippen molar-refractivity contribution < 1.29 is 9.53 Å². The molecule has 3 nitrogen and oxygen atoms in total. The molecular weight excluding hydrogens is 226 g/mol. The number of rotatable bonds is 3. The van der Waals surface area contributed by atoms with Crippen LogP contribution in [0.1, 0.15) is 24.0 Å². The summed E-state index contributed by atoms with van der Waals surface area (Å²) in [5.74, 6) is 0.608. The van der Waals surface area contributed by atoms with Gasteiger partial charge in [0.15, 0.2) is 0 Å². The fourth-order valence-corrected chi connectivity index (χ4v) is 2.95. The monoisotopic (exact) mass is 245 g/mol. The first-order valence-electron chi connectivity index (χ1n) is 6.75. The maximum Gasteiger partial charge on any atom is 0.220 e. The van der Waals surface area contributed by atoms with Gasteiger partial charge in [0.05, 0.1) is 0 Å². The molecule has 3 heteroatoms. The summed E-state index contributed by atoms with van der Waals surface area (Å²) in [5.41, 5.74) is 2.76. The molecular formula is C15H19NO2. The molecule has 1 fully saturated rings. The van der Waals surface area contributed by atoms with Crippen molar-refractivity contribution in [2.45, 2.75) is 31.7 Å². The molecule has 1 aromatic carbocycles. The van der Waals surface area contributed by atoms with Gasteiger partial charge >= 0.3 is 0 Å². The summed E-state index contributed by atoms with van der Waals surface area (Å²) in [6, 6.07) is 8.74. The Kier molecular flexibility index (Phi) is 3.33. The summed E-state index contributed by atoms with van der Waals surface area (Å²) < 4.78 is 5.30. The van der Waals surface area contributed by atoms with Crippen molar-refractivity contribution in [2.75, 3.05) is 13.2 Å². The van der Waals surface area contributed by atoms with Gasteiger partial charge in [-0.2, -0.15) is 0 Å². The Morgan fingerprint density at radius 3 is 2.61 bits per heavy atom. The standard InChI is InChI=1S/C15H19NO2/c17-15(7-11-5-6-18-10-11)16-14-8-12-3-1-2-4-13(12)9-14/h1-4,11,14H,5-10H2,(H,16,17)/t11-/m1/s1. The second-order valence-electron chi connectivity index (χ2n) is 5.38. The number of nitrogens with one attached hydrogen (secondary N) is 1. The first-order chi connectivity index (χ1) is 8.81. The molecule has 0 bridgehead atoms. The van der Waals surface area contributed by atoms with Crippen LogP contribution in [0, 0.1) is 5.92 Å². The number of carbonyl (C=O) groups excluding carboxylic acids is 1. The predicted octanol–water partition coefficient (Wildman–Crippen LogP) is 1.70. The number of ether oxygens (including phenoxy) is 1. The average molecular weight is 245 g/mol. The van der Waals surface area contributed by atoms with E-state index in [0.717, 1.165) is 32.5 Å². The number of benzene rings is 1. The van der Waals surface area contributed by atoms with Gasteiger partial charge in [0.1, 0.15) is 0 Å². The van der Waals surface area contributed by atoms with Gasteiger partial charge in [-0.1, -0.05) is 24.3 Å². The lowest BCUT2D eigenvalue weighted by Gasteiger charge is -2.13. The third kappa shape index (κ3) is 2.56. The molecule has 1 aromatic rings. The fourth-order valence-electron chi connectivity index (χ4n) is 2.95. The predicted molar refractivity (Wildman–Crippen MR) is 69.3 cm³/mol. The highest BCUT2D eigenvalue weighted by molar-refractivity contribution is 5.76. The summed E-state index contributed by atoms with van der Waals surface area (Å²) in [6.07, 6.45) is 3.59. The zero-order chi connectivity index (χ0) is 12.4. The number of hydrogen-bond donors (Lipinski definition) is 1. The molecule has 1 heterocycles. The van der Waals surface area contributed by atoms with Gasteiger partial charge in [-0.3, -0.25) is 4.79 Å². The van der Waals surface area contributed by atoms with Gasteiger partial charge in [-0.15, -0.1) is 0 Å². The number of amides is 1. The number of carbonyl (C=O) groups is 1. The Bertz CT molecular complexity index is 413. The molecule has 1 atom stereocenters. The van der Waals surface area contributed by atoms with Crippen LogP contribution in [0.5, 0.6) is 0 Å². The largest absolute Gasteiger partial charge is 0.381 e. The van der Waals surface area contributed by atoms with Crippen LogP contribution < -0.4 is 5.32 Å². The minimum absolute atomic E-state index is 0.184. The molecule has 0 unspecified atom stereocenters. The van der Waals surface area contributed by atoms with E-state index in [1.54, 1.807) is 0 Å². The molecule has 1 saturated heterocycles. The first kappa shape index (κ1) is 11.7. The van der Waals surface area contributed by atoms with Gasteiger partial charge < -0.3 is 10.1 Å². The van der Waals surface area contributed by atoms with E-state index in [9.17, 15) is 4.79 Å².